The van der Waals surface area contributed by atoms with Crippen LogP contribution < -0.4 is 10.9 Å². The zero-order valence-electron chi connectivity index (χ0n) is 22.8. The van der Waals surface area contributed by atoms with Crippen molar-refractivity contribution in [1.82, 2.24) is 19.9 Å². The fourth-order valence-corrected chi connectivity index (χ4v) is 6.86. The Morgan fingerprint density at radius 3 is 2.45 bits per heavy atom. The Labute approximate surface area is 235 Å². The van der Waals surface area contributed by atoms with E-state index in [9.17, 15) is 24.3 Å². The molecule has 2 fully saturated rings. The molecule has 3 heterocycles. The zero-order valence-corrected chi connectivity index (χ0v) is 23.6. The van der Waals surface area contributed by atoms with Crippen LogP contribution in [-0.2, 0) is 29.6 Å². The van der Waals surface area contributed by atoms with Gasteiger partial charge in [0.15, 0.2) is 6.10 Å². The number of aliphatic hydroxyl groups is 1. The van der Waals surface area contributed by atoms with Crippen molar-refractivity contribution in [2.75, 3.05) is 5.88 Å². The predicted octanol–water partition coefficient (Wildman–Crippen LogP) is 1.96. The maximum atomic E-state index is 13.7. The number of aromatic nitrogens is 1. The Bertz CT molecular complexity index is 1520. The van der Waals surface area contributed by atoms with Gasteiger partial charge in [-0.1, -0.05) is 54.6 Å². The number of aliphatic hydroxyl groups excluding tert-OH is 1. The number of benzene rings is 2. The summed E-state index contributed by atoms with van der Waals surface area (Å²) in [5.74, 6) is -1.23. The first-order valence-corrected chi connectivity index (χ1v) is 14.0. The Balaban J connectivity index is 1.36. The largest absolute Gasteiger partial charge is 0.381 e. The van der Waals surface area contributed by atoms with Crippen LogP contribution in [0.1, 0.15) is 39.7 Å². The third-order valence-corrected chi connectivity index (χ3v) is 9.32. The van der Waals surface area contributed by atoms with E-state index in [1.165, 1.54) is 30.6 Å². The normalized spacial score (nSPS) is 21.5. The topological polar surface area (TPSA) is 125 Å². The summed E-state index contributed by atoms with van der Waals surface area (Å²) in [4.78, 5) is 54.7. The summed E-state index contributed by atoms with van der Waals surface area (Å²) in [6.45, 7) is 5.85. The van der Waals surface area contributed by atoms with Gasteiger partial charge >= 0.3 is 5.63 Å². The molecule has 0 bridgehead atoms. The molecular formula is C29H32N4O6S. The predicted molar refractivity (Wildman–Crippen MR) is 149 cm³/mol. The van der Waals surface area contributed by atoms with Crippen molar-refractivity contribution in [2.45, 2.75) is 56.8 Å². The van der Waals surface area contributed by atoms with Crippen molar-refractivity contribution in [3.63, 3.8) is 0 Å². The van der Waals surface area contributed by atoms with Crippen LogP contribution in [0.15, 0.2) is 63.9 Å². The number of β-lactam (4-membered cyclic amide) rings is 1. The highest BCUT2D eigenvalue weighted by Gasteiger charge is 2.65. The Morgan fingerprint density at radius 1 is 1.12 bits per heavy atom. The molecular weight excluding hydrogens is 532 g/mol. The molecule has 2 aliphatic rings. The van der Waals surface area contributed by atoms with E-state index in [4.69, 9.17) is 4.52 Å². The van der Waals surface area contributed by atoms with Crippen molar-refractivity contribution >= 4 is 29.5 Å². The number of thioether (sulfide) groups is 1. The lowest BCUT2D eigenvalue weighted by atomic mass is 9.91. The van der Waals surface area contributed by atoms with Crippen LogP contribution in [-0.4, -0.2) is 66.3 Å². The minimum Gasteiger partial charge on any atom is -0.381 e. The molecule has 2 aromatic carbocycles. The molecule has 210 valence electrons. The van der Waals surface area contributed by atoms with Gasteiger partial charge < -0.3 is 24.7 Å². The van der Waals surface area contributed by atoms with Gasteiger partial charge in [-0.2, -0.15) is 0 Å². The molecule has 0 spiro atoms. The maximum Gasteiger partial charge on any atom is 0.361 e. The van der Waals surface area contributed by atoms with E-state index in [0.29, 0.717) is 6.54 Å². The van der Waals surface area contributed by atoms with Crippen LogP contribution >= 0.6 is 11.8 Å². The highest BCUT2D eigenvalue weighted by Crippen LogP contribution is 2.51. The first kappa shape index (κ1) is 27.7. The molecule has 0 radical (unpaired) electrons. The number of amides is 3. The lowest BCUT2D eigenvalue weighted by molar-refractivity contribution is -0.168. The lowest BCUT2D eigenvalue weighted by Crippen LogP contribution is -2.73. The molecule has 0 aliphatic carbocycles. The van der Waals surface area contributed by atoms with Crippen LogP contribution in [0.4, 0.5) is 0 Å². The highest BCUT2D eigenvalue weighted by molar-refractivity contribution is 8.01. The molecule has 4 atom stereocenters. The van der Waals surface area contributed by atoms with Gasteiger partial charge in [0.25, 0.3) is 11.8 Å². The van der Waals surface area contributed by atoms with Gasteiger partial charge in [0.05, 0.1) is 17.5 Å². The summed E-state index contributed by atoms with van der Waals surface area (Å²) in [5.41, 5.74) is 2.40. The number of hydrogen-bond donors (Lipinski definition) is 2. The summed E-state index contributed by atoms with van der Waals surface area (Å²) in [6.07, 6.45) is -1.48. The second-order valence-corrected chi connectivity index (χ2v) is 11.8. The number of nitrogens with zero attached hydrogens (tertiary/aromatic N) is 3. The average molecular weight is 565 g/mol. The smallest absolute Gasteiger partial charge is 0.361 e. The standard InChI is InChI=1S/C29H32N4O6S/c1-17-10-8-9-13-20(17)15-33-27(37)24-29(33,3)40-16-32(24)26(36)23(34)21(14-19-11-6-5-7-12-19)30-25(35)22-18(2)28(38)39-31(22)4/h5-13,21,23-24,34H,14-16H2,1-4H3,(H,30,35)/t21-,23-,24+,29?/m0/s1. The van der Waals surface area contributed by atoms with Crippen LogP contribution in [0.25, 0.3) is 0 Å². The molecule has 2 saturated heterocycles. The Kier molecular flexibility index (Phi) is 7.36. The Morgan fingerprint density at radius 2 is 1.80 bits per heavy atom. The number of hydrogen-bond acceptors (Lipinski definition) is 7. The summed E-state index contributed by atoms with van der Waals surface area (Å²) in [5, 5.41) is 14.1. The number of likely N-dealkylation sites (tertiary alicyclic amines) is 1. The van der Waals surface area contributed by atoms with Gasteiger partial charge in [-0.05, 0) is 43.9 Å². The Hall–Kier alpha value is -3.83. The third kappa shape index (κ3) is 4.73. The summed E-state index contributed by atoms with van der Waals surface area (Å²) >= 11 is 1.48. The van der Waals surface area contributed by atoms with Crippen molar-refractivity contribution < 1.29 is 24.0 Å². The van der Waals surface area contributed by atoms with Gasteiger partial charge in [-0.25, -0.2) is 9.53 Å². The molecule has 0 saturated carbocycles. The van der Waals surface area contributed by atoms with Gasteiger partial charge in [0, 0.05) is 13.6 Å². The molecule has 40 heavy (non-hydrogen) atoms. The van der Waals surface area contributed by atoms with E-state index < -0.39 is 40.5 Å². The molecule has 3 amide bonds. The van der Waals surface area contributed by atoms with Crippen molar-refractivity contribution in [1.29, 1.82) is 0 Å². The zero-order chi connectivity index (χ0) is 28.8. The van der Waals surface area contributed by atoms with Gasteiger partial charge in [-0.3, -0.25) is 14.4 Å². The first-order chi connectivity index (χ1) is 19.0. The van der Waals surface area contributed by atoms with Gasteiger partial charge in [-0.15, -0.1) is 11.8 Å². The number of rotatable bonds is 8. The molecule has 3 aromatic rings. The highest BCUT2D eigenvalue weighted by atomic mass is 32.2. The molecule has 2 N–H and O–H groups in total. The lowest BCUT2D eigenvalue weighted by Gasteiger charge is -2.53. The van der Waals surface area contributed by atoms with Crippen LogP contribution in [0.2, 0.25) is 0 Å². The number of nitrogens with one attached hydrogen (secondary N) is 1. The van der Waals surface area contributed by atoms with E-state index >= 15 is 0 Å². The fourth-order valence-electron chi connectivity index (χ4n) is 5.49. The second-order valence-electron chi connectivity index (χ2n) is 10.5. The van der Waals surface area contributed by atoms with Crippen molar-refractivity contribution in [3.05, 3.63) is 93.0 Å². The second kappa shape index (κ2) is 10.6. The number of carbonyl (C=O) groups is 3. The van der Waals surface area contributed by atoms with E-state index in [1.807, 2.05) is 68.4 Å². The van der Waals surface area contributed by atoms with Crippen molar-refractivity contribution in [2.24, 2.45) is 7.05 Å². The molecule has 5 rings (SSSR count). The summed E-state index contributed by atoms with van der Waals surface area (Å²) in [7, 11) is 1.43. The quantitative estimate of drug-likeness (QED) is 0.401. The summed E-state index contributed by atoms with van der Waals surface area (Å²) in [6, 6.07) is 15.3. The molecule has 1 unspecified atom stereocenters. The van der Waals surface area contributed by atoms with Crippen LogP contribution in [0.5, 0.6) is 0 Å². The maximum absolute atomic E-state index is 13.7. The summed E-state index contributed by atoms with van der Waals surface area (Å²) < 4.78 is 6.06. The minimum atomic E-state index is -1.63. The van der Waals surface area contributed by atoms with E-state index in [-0.39, 0.29) is 29.5 Å². The monoisotopic (exact) mass is 564 g/mol. The van der Waals surface area contributed by atoms with Gasteiger partial charge in [0.1, 0.15) is 16.6 Å². The van der Waals surface area contributed by atoms with Gasteiger partial charge in [0.2, 0.25) is 5.91 Å². The minimum absolute atomic E-state index is 0.00744. The fraction of sp³-hybridized carbons (Fsp3) is 0.379. The molecule has 10 nitrogen and oxygen atoms in total. The van der Waals surface area contributed by atoms with Crippen molar-refractivity contribution in [3.8, 4) is 0 Å². The third-order valence-electron chi connectivity index (χ3n) is 7.88. The van der Waals surface area contributed by atoms with Crippen LogP contribution in [0.3, 0.4) is 0 Å². The van der Waals surface area contributed by atoms with E-state index in [1.54, 1.807) is 4.90 Å². The van der Waals surface area contributed by atoms with Crippen LogP contribution in [0, 0.1) is 13.8 Å². The number of carbonyl (C=O) groups excluding carboxylic acids is 3. The average Bonchev–Trinajstić information content (AvgIpc) is 3.39. The molecule has 1 aromatic heterocycles. The SMILES string of the molecule is Cc1ccccc1CN1C(=O)[C@H]2N(C(=O)[C@@H](O)[C@H](Cc3ccccc3)NC(=O)c3c(C)c(=O)on3C)CSC21C. The van der Waals surface area contributed by atoms with E-state index in [0.717, 1.165) is 21.4 Å². The number of aryl methyl sites for hydroxylation is 2. The first-order valence-electron chi connectivity index (χ1n) is 13.0. The molecule has 11 heteroatoms. The number of fused-ring (bicyclic) bond motifs is 1. The molecule has 2 aliphatic heterocycles. The van der Waals surface area contributed by atoms with E-state index in [2.05, 4.69) is 5.32 Å².